The van der Waals surface area contributed by atoms with Crippen LogP contribution >= 0.6 is 23.1 Å². The maximum Gasteiger partial charge on any atom is 0.0804 e. The zero-order chi connectivity index (χ0) is 30.2. The van der Waals surface area contributed by atoms with Crippen LogP contribution in [0, 0.1) is 10.8 Å². The zero-order valence-electron chi connectivity index (χ0n) is 26.7. The smallest absolute Gasteiger partial charge is 0.0804 e. The number of fused-ring (bicyclic) bond motifs is 2. The van der Waals surface area contributed by atoms with Crippen molar-refractivity contribution >= 4 is 44.9 Å². The van der Waals surface area contributed by atoms with Crippen LogP contribution in [0.3, 0.4) is 0 Å². The lowest BCUT2D eigenvalue weighted by atomic mass is 9.74. The number of allylic oxidation sites excluding steroid dienone is 10. The van der Waals surface area contributed by atoms with Crippen LogP contribution in [0.4, 0.5) is 5.69 Å². The van der Waals surface area contributed by atoms with E-state index >= 15 is 0 Å². The Labute approximate surface area is 267 Å². The van der Waals surface area contributed by atoms with Gasteiger partial charge in [-0.1, -0.05) is 107 Å². The number of thioether (sulfide) groups is 1. The van der Waals surface area contributed by atoms with E-state index in [-0.39, 0.29) is 10.8 Å². The Morgan fingerprint density at radius 3 is 2.28 bits per heavy atom. The molecule has 0 amide bonds. The van der Waals surface area contributed by atoms with Gasteiger partial charge in [0.1, 0.15) is 0 Å². The van der Waals surface area contributed by atoms with Crippen LogP contribution in [-0.4, -0.2) is 6.54 Å². The molecule has 0 fully saturated rings. The van der Waals surface area contributed by atoms with Crippen LogP contribution in [0.2, 0.25) is 0 Å². The summed E-state index contributed by atoms with van der Waals surface area (Å²) in [6.07, 6.45) is 22.4. The number of benzene rings is 2. The zero-order valence-corrected chi connectivity index (χ0v) is 28.3. The van der Waals surface area contributed by atoms with Gasteiger partial charge in [-0.2, -0.15) is 0 Å². The molecule has 2 aromatic carbocycles. The maximum atomic E-state index is 2.47. The van der Waals surface area contributed by atoms with E-state index in [4.69, 9.17) is 0 Å². The van der Waals surface area contributed by atoms with Crippen molar-refractivity contribution in [1.29, 1.82) is 0 Å². The number of aryl methyl sites for hydroxylation is 1. The molecule has 1 aliphatic heterocycles. The van der Waals surface area contributed by atoms with Crippen molar-refractivity contribution in [2.75, 3.05) is 11.4 Å². The van der Waals surface area contributed by atoms with E-state index in [1.54, 1.807) is 0 Å². The standard InChI is InChI=1S/C40H45NS2/c1-7-32-33-16-9-11-18-35(33)42-37(32)22-30-20-28(24-39(3,4)26-30)14-13-15-29-21-31(27-40(5,6)25-29)23-38-41(8-2)34-17-10-12-19-36(34)43-38/h9-23H,7-8,24-27H2,1-6H3/b14-13+,29-15-,30-22-,38-23-. The lowest BCUT2D eigenvalue weighted by Gasteiger charge is -2.31. The van der Waals surface area contributed by atoms with E-state index in [2.05, 4.69) is 138 Å². The third-order valence-corrected chi connectivity index (χ3v) is 11.0. The Morgan fingerprint density at radius 1 is 0.791 bits per heavy atom. The molecule has 3 heteroatoms. The average molecular weight is 604 g/mol. The monoisotopic (exact) mass is 603 g/mol. The highest BCUT2D eigenvalue weighted by Gasteiger charge is 2.28. The fourth-order valence-electron chi connectivity index (χ4n) is 7.12. The molecule has 2 aliphatic carbocycles. The van der Waals surface area contributed by atoms with Gasteiger partial charge in [-0.05, 0) is 113 Å². The largest absolute Gasteiger partial charge is 0.335 e. The Morgan fingerprint density at radius 2 is 1.49 bits per heavy atom. The topological polar surface area (TPSA) is 3.24 Å². The van der Waals surface area contributed by atoms with Crippen LogP contribution < -0.4 is 4.90 Å². The van der Waals surface area contributed by atoms with Crippen molar-refractivity contribution in [3.63, 3.8) is 0 Å². The maximum absolute atomic E-state index is 2.47. The molecule has 0 atom stereocenters. The third kappa shape index (κ3) is 6.74. The second-order valence-corrected chi connectivity index (χ2v) is 16.0. The van der Waals surface area contributed by atoms with E-state index < -0.39 is 0 Å². The van der Waals surface area contributed by atoms with Crippen LogP contribution in [0.15, 0.2) is 117 Å². The number of hydrogen-bond donors (Lipinski definition) is 0. The summed E-state index contributed by atoms with van der Waals surface area (Å²) in [5.41, 5.74) is 9.07. The highest BCUT2D eigenvalue weighted by atomic mass is 32.2. The molecule has 0 unspecified atom stereocenters. The summed E-state index contributed by atoms with van der Waals surface area (Å²) in [4.78, 5) is 5.25. The first-order valence-electron chi connectivity index (χ1n) is 15.9. The van der Waals surface area contributed by atoms with Crippen LogP contribution in [0.1, 0.15) is 77.7 Å². The van der Waals surface area contributed by atoms with E-state index in [0.717, 1.165) is 38.6 Å². The van der Waals surface area contributed by atoms with Crippen LogP contribution in [0.25, 0.3) is 16.2 Å². The highest BCUT2D eigenvalue weighted by Crippen LogP contribution is 2.47. The molecule has 0 spiro atoms. The number of rotatable bonds is 6. The van der Waals surface area contributed by atoms with Crippen LogP contribution in [0.5, 0.6) is 0 Å². The molecule has 3 aliphatic rings. The molecule has 43 heavy (non-hydrogen) atoms. The van der Waals surface area contributed by atoms with E-state index in [9.17, 15) is 0 Å². The molecule has 0 N–H and O–H groups in total. The SMILES string of the molecule is CCc1c(/C=C2C=C(/C=C/C=C3C=C(/C=C4\Sc5ccccc5N4CC)CC(C)(C)C/3)CC(C)(C)C/2)sc2ccccc12. The first kappa shape index (κ1) is 30.0. The number of hydrogen-bond acceptors (Lipinski definition) is 3. The van der Waals surface area contributed by atoms with Crippen molar-refractivity contribution in [1.82, 2.24) is 0 Å². The van der Waals surface area contributed by atoms with E-state index in [0.29, 0.717) is 0 Å². The highest BCUT2D eigenvalue weighted by molar-refractivity contribution is 8.03. The molecule has 1 nitrogen and oxygen atoms in total. The van der Waals surface area contributed by atoms with Crippen molar-refractivity contribution in [3.05, 3.63) is 123 Å². The van der Waals surface area contributed by atoms with Crippen molar-refractivity contribution in [2.24, 2.45) is 10.8 Å². The van der Waals surface area contributed by atoms with Gasteiger partial charge in [0.2, 0.25) is 0 Å². The fourth-order valence-corrected chi connectivity index (χ4v) is 9.60. The summed E-state index contributed by atoms with van der Waals surface area (Å²) in [7, 11) is 0. The molecule has 0 saturated heterocycles. The predicted molar refractivity (Wildman–Crippen MR) is 192 cm³/mol. The molecule has 0 saturated carbocycles. The minimum absolute atomic E-state index is 0.247. The first-order chi connectivity index (χ1) is 20.6. The molecule has 3 aromatic rings. The Hall–Kier alpha value is -3.01. The number of para-hydroxylation sites is 1. The van der Waals surface area contributed by atoms with Gasteiger partial charge in [-0.25, -0.2) is 0 Å². The summed E-state index contributed by atoms with van der Waals surface area (Å²) in [5, 5.41) is 2.77. The minimum atomic E-state index is 0.247. The van der Waals surface area contributed by atoms with Crippen molar-refractivity contribution in [3.8, 4) is 0 Å². The summed E-state index contributed by atoms with van der Waals surface area (Å²) >= 11 is 3.85. The second kappa shape index (κ2) is 12.2. The molecule has 6 rings (SSSR count). The number of anilines is 1. The average Bonchev–Trinajstić information content (AvgIpc) is 3.47. The van der Waals surface area contributed by atoms with Gasteiger partial charge in [0.25, 0.3) is 0 Å². The quantitative estimate of drug-likeness (QED) is 0.276. The lowest BCUT2D eigenvalue weighted by Crippen LogP contribution is -2.19. The van der Waals surface area contributed by atoms with Crippen molar-refractivity contribution < 1.29 is 0 Å². The van der Waals surface area contributed by atoms with E-state index in [1.165, 1.54) is 58.4 Å². The first-order valence-corrected chi connectivity index (χ1v) is 17.5. The van der Waals surface area contributed by atoms with Gasteiger partial charge in [-0.3, -0.25) is 0 Å². The Kier molecular flexibility index (Phi) is 8.50. The number of nitrogens with zero attached hydrogens (tertiary/aromatic N) is 1. The molecule has 2 heterocycles. The fraction of sp³-hybridized carbons (Fsp3) is 0.350. The molecular formula is C40H45NS2. The van der Waals surface area contributed by atoms with Gasteiger partial charge in [-0.15, -0.1) is 11.3 Å². The second-order valence-electron chi connectivity index (χ2n) is 13.9. The van der Waals surface area contributed by atoms with Gasteiger partial charge in [0.15, 0.2) is 0 Å². The lowest BCUT2D eigenvalue weighted by molar-refractivity contribution is 0.355. The van der Waals surface area contributed by atoms with Gasteiger partial charge in [0.05, 0.1) is 10.7 Å². The molecule has 0 radical (unpaired) electrons. The molecule has 222 valence electrons. The summed E-state index contributed by atoms with van der Waals surface area (Å²) < 4.78 is 1.40. The summed E-state index contributed by atoms with van der Waals surface area (Å²) in [6, 6.07) is 17.6. The molecular weight excluding hydrogens is 559 g/mol. The predicted octanol–water partition coefficient (Wildman–Crippen LogP) is 12.3. The summed E-state index contributed by atoms with van der Waals surface area (Å²) in [6.45, 7) is 15.2. The minimum Gasteiger partial charge on any atom is -0.335 e. The van der Waals surface area contributed by atoms with Gasteiger partial charge < -0.3 is 4.90 Å². The molecule has 0 bridgehead atoms. The normalized spacial score (nSPS) is 22.6. The summed E-state index contributed by atoms with van der Waals surface area (Å²) in [5.74, 6) is 0. The van der Waals surface area contributed by atoms with Crippen LogP contribution in [-0.2, 0) is 6.42 Å². The van der Waals surface area contributed by atoms with Gasteiger partial charge in [0, 0.05) is 21.0 Å². The van der Waals surface area contributed by atoms with Crippen molar-refractivity contribution in [2.45, 2.75) is 78.5 Å². The number of thiophene rings is 1. The molecule has 1 aromatic heterocycles. The van der Waals surface area contributed by atoms with Gasteiger partial charge >= 0.3 is 0 Å². The Balaban J connectivity index is 1.26. The Bertz CT molecular complexity index is 1720. The third-order valence-electron chi connectivity index (χ3n) is 8.75. The van der Waals surface area contributed by atoms with E-state index in [1.807, 2.05) is 23.1 Å².